The van der Waals surface area contributed by atoms with Gasteiger partial charge in [0, 0.05) is 5.57 Å². The largest absolute Gasteiger partial charge is 0.478 e. The Bertz CT molecular complexity index is 419. The van der Waals surface area contributed by atoms with Crippen molar-refractivity contribution in [2.45, 2.75) is 59.8 Å². The highest BCUT2D eigenvalue weighted by atomic mass is 16.4. The normalized spacial score (nSPS) is 12.2. The molecule has 0 saturated heterocycles. The Morgan fingerprint density at radius 2 is 1.45 bits per heavy atom. The number of hydrogen-bond acceptors (Lipinski definition) is 1. The third kappa shape index (κ3) is 10.4. The summed E-state index contributed by atoms with van der Waals surface area (Å²) in [4.78, 5) is 10.6. The zero-order chi connectivity index (χ0) is 15.5. The second-order valence-corrected chi connectivity index (χ2v) is 5.57. The van der Waals surface area contributed by atoms with Crippen LogP contribution in [0, 0.1) is 0 Å². The number of carbonyl (C=O) groups is 1. The smallest absolute Gasteiger partial charge is 0.331 e. The van der Waals surface area contributed by atoms with Gasteiger partial charge in [0.15, 0.2) is 0 Å². The standard InChI is InChI=1S/C18H28O2/c1-14(2)8-6-9-15(3)10-7-11-16(4)12-13-17(5)18(19)20/h8,10,12H,5-7,9,11,13H2,1-4H3,(H,19,20)/b15-10+,16-12+. The molecule has 0 fully saturated rings. The van der Waals surface area contributed by atoms with Gasteiger partial charge in [-0.25, -0.2) is 4.79 Å². The molecule has 0 aromatic carbocycles. The predicted octanol–water partition coefficient (Wildman–Crippen LogP) is 5.44. The maximum absolute atomic E-state index is 10.6. The molecule has 0 aliphatic heterocycles. The quantitative estimate of drug-likeness (QED) is 0.450. The van der Waals surface area contributed by atoms with Crippen LogP contribution in [-0.2, 0) is 4.79 Å². The molecule has 0 aliphatic rings. The van der Waals surface area contributed by atoms with Gasteiger partial charge in [-0.2, -0.15) is 0 Å². The third-order valence-electron chi connectivity index (χ3n) is 3.12. The minimum absolute atomic E-state index is 0.248. The van der Waals surface area contributed by atoms with Crippen LogP contribution in [0.1, 0.15) is 59.8 Å². The third-order valence-corrected chi connectivity index (χ3v) is 3.12. The lowest BCUT2D eigenvalue weighted by atomic mass is 10.0. The molecular formula is C18H28O2. The average molecular weight is 276 g/mol. The van der Waals surface area contributed by atoms with Crippen molar-refractivity contribution in [3.05, 3.63) is 47.1 Å². The number of carboxylic acids is 1. The molecule has 2 heteroatoms. The monoisotopic (exact) mass is 276 g/mol. The van der Waals surface area contributed by atoms with Gasteiger partial charge in [0.2, 0.25) is 0 Å². The number of hydrogen-bond donors (Lipinski definition) is 1. The van der Waals surface area contributed by atoms with Gasteiger partial charge in [0.1, 0.15) is 0 Å². The molecule has 20 heavy (non-hydrogen) atoms. The van der Waals surface area contributed by atoms with Crippen LogP contribution in [0.2, 0.25) is 0 Å². The Morgan fingerprint density at radius 3 is 1.95 bits per heavy atom. The number of aliphatic carboxylic acids is 1. The van der Waals surface area contributed by atoms with Crippen molar-refractivity contribution in [1.82, 2.24) is 0 Å². The lowest BCUT2D eigenvalue weighted by molar-refractivity contribution is -0.132. The number of allylic oxidation sites excluding steroid dienone is 6. The molecule has 0 saturated carbocycles. The van der Waals surface area contributed by atoms with Gasteiger partial charge in [0.25, 0.3) is 0 Å². The van der Waals surface area contributed by atoms with E-state index in [9.17, 15) is 4.79 Å². The molecule has 0 heterocycles. The fourth-order valence-corrected chi connectivity index (χ4v) is 1.72. The van der Waals surface area contributed by atoms with Crippen molar-refractivity contribution in [2.24, 2.45) is 0 Å². The van der Waals surface area contributed by atoms with Gasteiger partial charge in [-0.3, -0.25) is 0 Å². The zero-order valence-electron chi connectivity index (χ0n) is 13.3. The fourth-order valence-electron chi connectivity index (χ4n) is 1.72. The molecule has 0 radical (unpaired) electrons. The van der Waals surface area contributed by atoms with E-state index in [1.807, 2.05) is 13.0 Å². The summed E-state index contributed by atoms with van der Waals surface area (Å²) in [6.07, 6.45) is 11.2. The fraction of sp³-hybridized carbons (Fsp3) is 0.500. The molecule has 0 spiro atoms. The van der Waals surface area contributed by atoms with E-state index in [2.05, 4.69) is 39.5 Å². The minimum Gasteiger partial charge on any atom is -0.478 e. The van der Waals surface area contributed by atoms with E-state index in [-0.39, 0.29) is 5.57 Å². The molecule has 112 valence electrons. The first-order valence-corrected chi connectivity index (χ1v) is 7.18. The Morgan fingerprint density at radius 1 is 0.950 bits per heavy atom. The van der Waals surface area contributed by atoms with Crippen LogP contribution in [0.15, 0.2) is 47.1 Å². The first kappa shape index (κ1) is 18.4. The summed E-state index contributed by atoms with van der Waals surface area (Å²) >= 11 is 0. The highest BCUT2D eigenvalue weighted by Gasteiger charge is 2.01. The van der Waals surface area contributed by atoms with E-state index in [4.69, 9.17) is 5.11 Å². The maximum Gasteiger partial charge on any atom is 0.331 e. The van der Waals surface area contributed by atoms with Gasteiger partial charge in [-0.15, -0.1) is 0 Å². The molecule has 0 unspecified atom stereocenters. The molecule has 0 amide bonds. The molecule has 0 aromatic heterocycles. The summed E-state index contributed by atoms with van der Waals surface area (Å²) in [6, 6.07) is 0. The van der Waals surface area contributed by atoms with Crippen LogP contribution < -0.4 is 0 Å². The summed E-state index contributed by atoms with van der Waals surface area (Å²) in [5.41, 5.74) is 4.26. The van der Waals surface area contributed by atoms with Crippen LogP contribution in [-0.4, -0.2) is 11.1 Å². The van der Waals surface area contributed by atoms with Crippen molar-refractivity contribution < 1.29 is 9.90 Å². The van der Waals surface area contributed by atoms with Crippen molar-refractivity contribution in [2.75, 3.05) is 0 Å². The molecule has 0 aliphatic carbocycles. The lowest BCUT2D eigenvalue weighted by Crippen LogP contribution is -1.97. The highest BCUT2D eigenvalue weighted by molar-refractivity contribution is 5.86. The van der Waals surface area contributed by atoms with E-state index >= 15 is 0 Å². The van der Waals surface area contributed by atoms with Crippen LogP contribution in [0.3, 0.4) is 0 Å². The Balaban J connectivity index is 4.03. The topological polar surface area (TPSA) is 37.3 Å². The molecular weight excluding hydrogens is 248 g/mol. The average Bonchev–Trinajstić information content (AvgIpc) is 2.35. The first-order chi connectivity index (χ1) is 9.32. The highest BCUT2D eigenvalue weighted by Crippen LogP contribution is 2.12. The second-order valence-electron chi connectivity index (χ2n) is 5.57. The SMILES string of the molecule is C=C(C/C=C(\C)CC/C=C(\C)CCC=C(C)C)C(=O)O. The second kappa shape index (κ2) is 10.2. The zero-order valence-corrected chi connectivity index (χ0v) is 13.3. The van der Waals surface area contributed by atoms with E-state index < -0.39 is 5.97 Å². The maximum atomic E-state index is 10.6. The lowest BCUT2D eigenvalue weighted by Gasteiger charge is -2.02. The van der Waals surface area contributed by atoms with Crippen molar-refractivity contribution >= 4 is 5.97 Å². The van der Waals surface area contributed by atoms with Gasteiger partial charge in [0.05, 0.1) is 0 Å². The van der Waals surface area contributed by atoms with Crippen molar-refractivity contribution in [1.29, 1.82) is 0 Å². The summed E-state index contributed by atoms with van der Waals surface area (Å²) < 4.78 is 0. The Hall–Kier alpha value is -1.57. The van der Waals surface area contributed by atoms with Crippen molar-refractivity contribution in [3.8, 4) is 0 Å². The first-order valence-electron chi connectivity index (χ1n) is 7.18. The molecule has 0 atom stereocenters. The molecule has 0 rings (SSSR count). The molecule has 1 N–H and O–H groups in total. The molecule has 2 nitrogen and oxygen atoms in total. The van der Waals surface area contributed by atoms with E-state index in [1.165, 1.54) is 16.7 Å². The number of carboxylic acid groups (broad SMARTS) is 1. The Kier molecular flexibility index (Phi) is 9.44. The number of rotatable bonds is 9. The van der Waals surface area contributed by atoms with Crippen LogP contribution in [0.5, 0.6) is 0 Å². The van der Waals surface area contributed by atoms with Gasteiger partial charge in [-0.05, 0) is 59.8 Å². The summed E-state index contributed by atoms with van der Waals surface area (Å²) in [5, 5.41) is 8.72. The van der Waals surface area contributed by atoms with Crippen LogP contribution in [0.4, 0.5) is 0 Å². The Labute approximate surface area is 123 Å². The van der Waals surface area contributed by atoms with Crippen molar-refractivity contribution in [3.63, 3.8) is 0 Å². The predicted molar refractivity (Wildman–Crippen MR) is 86.8 cm³/mol. The van der Waals surface area contributed by atoms with Crippen LogP contribution >= 0.6 is 0 Å². The van der Waals surface area contributed by atoms with E-state index in [1.54, 1.807) is 0 Å². The van der Waals surface area contributed by atoms with E-state index in [0.717, 1.165) is 25.7 Å². The van der Waals surface area contributed by atoms with Gasteiger partial charge < -0.3 is 5.11 Å². The summed E-state index contributed by atoms with van der Waals surface area (Å²) in [6.45, 7) is 12.0. The molecule has 0 bridgehead atoms. The van der Waals surface area contributed by atoms with Crippen LogP contribution in [0.25, 0.3) is 0 Å². The van der Waals surface area contributed by atoms with E-state index in [0.29, 0.717) is 6.42 Å². The van der Waals surface area contributed by atoms with Gasteiger partial charge >= 0.3 is 5.97 Å². The summed E-state index contributed by atoms with van der Waals surface area (Å²) in [7, 11) is 0. The van der Waals surface area contributed by atoms with Gasteiger partial charge in [-0.1, -0.05) is 41.5 Å². The minimum atomic E-state index is -0.913. The summed E-state index contributed by atoms with van der Waals surface area (Å²) in [5.74, 6) is -0.913. The molecule has 0 aromatic rings.